The number of carbonyl (C=O) groups is 2. The van der Waals surface area contributed by atoms with E-state index in [4.69, 9.17) is 5.73 Å². The van der Waals surface area contributed by atoms with Crippen LogP contribution in [-0.2, 0) is 19.4 Å². The van der Waals surface area contributed by atoms with Gasteiger partial charge in [0.25, 0.3) is 0 Å². The van der Waals surface area contributed by atoms with E-state index < -0.39 is 21.7 Å². The van der Waals surface area contributed by atoms with Crippen LogP contribution in [0.4, 0.5) is 0 Å². The van der Waals surface area contributed by atoms with Gasteiger partial charge in [0.15, 0.2) is 9.84 Å². The molecule has 2 aliphatic rings. The average Bonchev–Trinajstić information content (AvgIpc) is 2.69. The van der Waals surface area contributed by atoms with Crippen LogP contribution in [0.25, 0.3) is 0 Å². The molecule has 2 rings (SSSR count). The highest BCUT2D eigenvalue weighted by Crippen LogP contribution is 2.26. The van der Waals surface area contributed by atoms with Gasteiger partial charge in [-0.3, -0.25) is 9.59 Å². The summed E-state index contributed by atoms with van der Waals surface area (Å²) in [5.74, 6) is -0.919. The van der Waals surface area contributed by atoms with E-state index in [1.165, 1.54) is 0 Å². The molecule has 2 aliphatic heterocycles. The van der Waals surface area contributed by atoms with Crippen molar-refractivity contribution in [2.75, 3.05) is 18.1 Å². The zero-order valence-corrected chi connectivity index (χ0v) is 11.7. The van der Waals surface area contributed by atoms with Gasteiger partial charge < -0.3 is 10.6 Å². The number of rotatable bonds is 3. The number of sulfone groups is 1. The lowest BCUT2D eigenvalue weighted by molar-refractivity contribution is -0.139. The Morgan fingerprint density at radius 2 is 1.95 bits per heavy atom. The van der Waals surface area contributed by atoms with Crippen LogP contribution in [0.3, 0.4) is 0 Å². The van der Waals surface area contributed by atoms with E-state index in [0.717, 1.165) is 19.3 Å². The number of amides is 2. The molecule has 2 saturated heterocycles. The number of nitrogens with two attached hydrogens (primary N) is 1. The fourth-order valence-corrected chi connectivity index (χ4v) is 4.69. The van der Waals surface area contributed by atoms with Crippen LogP contribution in [0.5, 0.6) is 0 Å². The molecule has 2 heterocycles. The maximum atomic E-state index is 12.4. The summed E-state index contributed by atoms with van der Waals surface area (Å²) in [6.07, 6.45) is 3.23. The van der Waals surface area contributed by atoms with E-state index in [1.807, 2.05) is 0 Å². The van der Waals surface area contributed by atoms with Crippen molar-refractivity contribution in [1.82, 2.24) is 4.90 Å². The summed E-state index contributed by atoms with van der Waals surface area (Å²) in [6.45, 7) is 0.604. The van der Waals surface area contributed by atoms with Gasteiger partial charge in [0, 0.05) is 19.0 Å². The van der Waals surface area contributed by atoms with E-state index in [1.54, 1.807) is 4.90 Å². The Labute approximate surface area is 113 Å². The van der Waals surface area contributed by atoms with Gasteiger partial charge in [-0.1, -0.05) is 0 Å². The third-order valence-electron chi connectivity index (χ3n) is 3.93. The molecule has 0 aromatic carbocycles. The van der Waals surface area contributed by atoms with Crippen LogP contribution >= 0.6 is 0 Å². The topological polar surface area (TPSA) is 97.5 Å². The Morgan fingerprint density at radius 3 is 2.53 bits per heavy atom. The maximum Gasteiger partial charge on any atom is 0.227 e. The second-order valence-electron chi connectivity index (χ2n) is 5.45. The summed E-state index contributed by atoms with van der Waals surface area (Å²) in [4.78, 5) is 25.1. The first kappa shape index (κ1) is 14.3. The first-order valence-corrected chi connectivity index (χ1v) is 8.50. The molecule has 2 N–H and O–H groups in total. The highest BCUT2D eigenvalue weighted by molar-refractivity contribution is 7.91. The molecule has 0 unspecified atom stereocenters. The Morgan fingerprint density at radius 1 is 1.21 bits per heavy atom. The van der Waals surface area contributed by atoms with E-state index >= 15 is 0 Å². The number of nitrogens with zero attached hydrogens (tertiary/aromatic N) is 1. The maximum absolute atomic E-state index is 12.4. The number of hydrogen-bond donors (Lipinski definition) is 1. The molecule has 0 aromatic rings. The minimum atomic E-state index is -3.06. The van der Waals surface area contributed by atoms with Gasteiger partial charge in [0.2, 0.25) is 11.8 Å². The van der Waals surface area contributed by atoms with Gasteiger partial charge in [0.05, 0.1) is 17.4 Å². The van der Waals surface area contributed by atoms with E-state index in [9.17, 15) is 18.0 Å². The van der Waals surface area contributed by atoms with Crippen molar-refractivity contribution >= 4 is 21.7 Å². The smallest absolute Gasteiger partial charge is 0.227 e. The minimum absolute atomic E-state index is 0.0500. The molecular formula is C12H20N2O4S. The molecule has 2 amide bonds. The van der Waals surface area contributed by atoms with Crippen molar-refractivity contribution in [1.29, 1.82) is 0 Å². The van der Waals surface area contributed by atoms with E-state index in [2.05, 4.69) is 0 Å². The third kappa shape index (κ3) is 3.46. The Balaban J connectivity index is 2.05. The quantitative estimate of drug-likeness (QED) is 0.769. The summed E-state index contributed by atoms with van der Waals surface area (Å²) in [5.41, 5.74) is 5.21. The molecule has 0 aliphatic carbocycles. The van der Waals surface area contributed by atoms with Crippen molar-refractivity contribution in [2.45, 2.75) is 38.1 Å². The molecule has 7 heteroatoms. The monoisotopic (exact) mass is 288 g/mol. The van der Waals surface area contributed by atoms with Gasteiger partial charge in [-0.25, -0.2) is 8.42 Å². The molecule has 19 heavy (non-hydrogen) atoms. The highest BCUT2D eigenvalue weighted by atomic mass is 32.2. The summed E-state index contributed by atoms with van der Waals surface area (Å²) < 4.78 is 22.9. The van der Waals surface area contributed by atoms with Crippen LogP contribution in [0.15, 0.2) is 0 Å². The molecule has 0 spiro atoms. The zero-order chi connectivity index (χ0) is 14.0. The fourth-order valence-electron chi connectivity index (χ4n) is 2.96. The van der Waals surface area contributed by atoms with Crippen LogP contribution in [0.2, 0.25) is 0 Å². The molecule has 6 nitrogen and oxygen atoms in total. The van der Waals surface area contributed by atoms with Crippen LogP contribution < -0.4 is 5.73 Å². The van der Waals surface area contributed by atoms with E-state index in [0.29, 0.717) is 13.0 Å². The Hall–Kier alpha value is -1.11. The average molecular weight is 288 g/mol. The molecule has 2 fully saturated rings. The van der Waals surface area contributed by atoms with Crippen LogP contribution in [0, 0.1) is 5.92 Å². The largest absolute Gasteiger partial charge is 0.370 e. The highest BCUT2D eigenvalue weighted by Gasteiger charge is 2.38. The second-order valence-corrected chi connectivity index (χ2v) is 7.68. The van der Waals surface area contributed by atoms with Gasteiger partial charge in [-0.2, -0.15) is 0 Å². The zero-order valence-electron chi connectivity index (χ0n) is 10.9. The number of likely N-dealkylation sites (tertiary alicyclic amines) is 1. The second kappa shape index (κ2) is 5.48. The van der Waals surface area contributed by atoms with Crippen molar-refractivity contribution < 1.29 is 18.0 Å². The third-order valence-corrected chi connectivity index (χ3v) is 5.70. The van der Waals surface area contributed by atoms with Gasteiger partial charge >= 0.3 is 0 Å². The molecule has 0 aromatic heterocycles. The number of hydrogen-bond acceptors (Lipinski definition) is 4. The van der Waals surface area contributed by atoms with Crippen LogP contribution in [-0.4, -0.2) is 49.2 Å². The van der Waals surface area contributed by atoms with Gasteiger partial charge in [0.1, 0.15) is 0 Å². The fraction of sp³-hybridized carbons (Fsp3) is 0.833. The van der Waals surface area contributed by atoms with E-state index in [-0.39, 0.29) is 29.9 Å². The molecule has 0 radical (unpaired) electrons. The number of primary amides is 1. The molecule has 2 atom stereocenters. The molecular weight excluding hydrogens is 268 g/mol. The molecule has 108 valence electrons. The van der Waals surface area contributed by atoms with Crippen molar-refractivity contribution in [3.8, 4) is 0 Å². The summed E-state index contributed by atoms with van der Waals surface area (Å²) >= 11 is 0. The lowest BCUT2D eigenvalue weighted by atomic mass is 9.96. The van der Waals surface area contributed by atoms with Crippen molar-refractivity contribution in [3.05, 3.63) is 0 Å². The lowest BCUT2D eigenvalue weighted by Gasteiger charge is -2.36. The number of piperidine rings is 1. The predicted molar refractivity (Wildman–Crippen MR) is 69.9 cm³/mol. The Bertz CT molecular complexity index is 474. The lowest BCUT2D eigenvalue weighted by Crippen LogP contribution is -2.48. The normalized spacial score (nSPS) is 30.2. The SMILES string of the molecule is NC(=O)C[C@H]1CCCCN1C(=O)[C@H]1CCS(=O)(=O)C1. The number of carbonyl (C=O) groups excluding carboxylic acids is 2. The van der Waals surface area contributed by atoms with Crippen molar-refractivity contribution in [2.24, 2.45) is 11.7 Å². The predicted octanol–water partition coefficient (Wildman–Crippen LogP) is -0.322. The Kier molecular flexibility index (Phi) is 4.13. The summed E-state index contributed by atoms with van der Waals surface area (Å²) in [5, 5.41) is 0. The molecule has 0 saturated carbocycles. The summed E-state index contributed by atoms with van der Waals surface area (Å²) in [7, 11) is -3.06. The first-order valence-electron chi connectivity index (χ1n) is 6.68. The summed E-state index contributed by atoms with van der Waals surface area (Å²) in [6, 6.07) is -0.151. The van der Waals surface area contributed by atoms with Crippen LogP contribution in [0.1, 0.15) is 32.1 Å². The van der Waals surface area contributed by atoms with Crippen molar-refractivity contribution in [3.63, 3.8) is 0 Å². The first-order chi connectivity index (χ1) is 8.89. The van der Waals surface area contributed by atoms with Gasteiger partial charge in [-0.05, 0) is 25.7 Å². The molecule has 0 bridgehead atoms. The standard InChI is InChI=1S/C12H20N2O4S/c13-11(15)7-10-3-1-2-5-14(10)12(16)9-4-6-19(17,18)8-9/h9-10H,1-8H2,(H2,13,15)/t9-,10+/m0/s1. The van der Waals surface area contributed by atoms with Gasteiger partial charge in [-0.15, -0.1) is 0 Å². The minimum Gasteiger partial charge on any atom is -0.370 e.